The number of furan rings is 1. The van der Waals surface area contributed by atoms with Crippen LogP contribution in [0.3, 0.4) is 0 Å². The fourth-order valence-electron chi connectivity index (χ4n) is 1.95. The maximum atomic E-state index is 12.3. The van der Waals surface area contributed by atoms with Gasteiger partial charge in [-0.15, -0.1) is 11.8 Å². The van der Waals surface area contributed by atoms with Crippen LogP contribution in [-0.4, -0.2) is 27.3 Å². The zero-order valence-electron chi connectivity index (χ0n) is 13.8. The zero-order valence-corrected chi connectivity index (χ0v) is 14.6. The molecule has 0 aliphatic heterocycles. The van der Waals surface area contributed by atoms with E-state index in [1.54, 1.807) is 49.1 Å². The number of aliphatic hydroxyl groups is 1. The van der Waals surface area contributed by atoms with Gasteiger partial charge < -0.3 is 14.8 Å². The Hall–Kier alpha value is -1.79. The van der Waals surface area contributed by atoms with E-state index >= 15 is 0 Å². The molecule has 0 aliphatic carbocycles. The van der Waals surface area contributed by atoms with Gasteiger partial charge in [-0.1, -0.05) is 20.8 Å². The molecular weight excluding hydrogens is 312 g/mol. The number of hydrogen-bond acceptors (Lipinski definition) is 5. The Labute approximate surface area is 140 Å². The number of rotatable bonds is 5. The number of aromatic nitrogens is 1. The minimum atomic E-state index is -1.25. The number of nitrogens with one attached hydrogen (secondary N) is 1. The van der Waals surface area contributed by atoms with Crippen molar-refractivity contribution in [2.24, 2.45) is 0 Å². The van der Waals surface area contributed by atoms with E-state index in [1.807, 2.05) is 0 Å². The second-order valence-corrected chi connectivity index (χ2v) is 8.38. The first-order valence-electron chi connectivity index (χ1n) is 7.37. The maximum absolute atomic E-state index is 12.3. The van der Waals surface area contributed by atoms with Crippen LogP contribution in [0.5, 0.6) is 0 Å². The van der Waals surface area contributed by atoms with Crippen molar-refractivity contribution in [3.8, 4) is 0 Å². The quantitative estimate of drug-likeness (QED) is 0.821. The minimum absolute atomic E-state index is 0.0189. The largest absolute Gasteiger partial charge is 0.466 e. The van der Waals surface area contributed by atoms with Crippen LogP contribution in [0.2, 0.25) is 0 Å². The number of pyridine rings is 1. The van der Waals surface area contributed by atoms with Crippen LogP contribution in [0.25, 0.3) is 0 Å². The molecule has 2 aromatic heterocycles. The lowest BCUT2D eigenvalue weighted by Crippen LogP contribution is -2.38. The van der Waals surface area contributed by atoms with Crippen LogP contribution in [0.1, 0.15) is 43.8 Å². The average molecular weight is 334 g/mol. The van der Waals surface area contributed by atoms with Crippen LogP contribution in [-0.2, 0) is 5.60 Å². The third-order valence-electron chi connectivity index (χ3n) is 3.05. The number of amides is 1. The first-order chi connectivity index (χ1) is 10.7. The number of thioether (sulfide) groups is 1. The predicted molar refractivity (Wildman–Crippen MR) is 90.5 cm³/mol. The fourth-order valence-corrected chi connectivity index (χ4v) is 2.87. The summed E-state index contributed by atoms with van der Waals surface area (Å²) in [5, 5.41) is 13.9. The van der Waals surface area contributed by atoms with Crippen LogP contribution in [0.15, 0.2) is 46.2 Å². The number of hydrogen-bond donors (Lipinski definition) is 2. The third-order valence-corrected chi connectivity index (χ3v) is 4.10. The molecular formula is C17H22N2O3S. The van der Waals surface area contributed by atoms with Crippen molar-refractivity contribution in [1.82, 2.24) is 10.3 Å². The third kappa shape index (κ3) is 5.11. The van der Waals surface area contributed by atoms with Gasteiger partial charge in [-0.3, -0.25) is 4.79 Å². The summed E-state index contributed by atoms with van der Waals surface area (Å²) in [6.45, 7) is 7.93. The van der Waals surface area contributed by atoms with Gasteiger partial charge in [0.05, 0.1) is 17.8 Å². The molecule has 1 amide bonds. The lowest BCUT2D eigenvalue weighted by molar-refractivity contribution is 0.0330. The second kappa shape index (κ2) is 6.76. The molecule has 0 aliphatic rings. The van der Waals surface area contributed by atoms with E-state index in [0.29, 0.717) is 11.3 Å². The minimum Gasteiger partial charge on any atom is -0.466 e. The maximum Gasteiger partial charge on any atom is 0.251 e. The highest BCUT2D eigenvalue weighted by Crippen LogP contribution is 2.30. The molecule has 0 fully saturated rings. The van der Waals surface area contributed by atoms with Crippen molar-refractivity contribution in [3.63, 3.8) is 0 Å². The standard InChI is InChI=1S/C17H22N2O3S/c1-16(2,3)23-14-10-12(7-8-18-14)15(20)19-11-17(4,21)13-6-5-9-22-13/h5-10,21H,11H2,1-4H3,(H,19,20). The van der Waals surface area contributed by atoms with Gasteiger partial charge in [-0.05, 0) is 31.2 Å². The highest BCUT2D eigenvalue weighted by atomic mass is 32.2. The molecule has 0 saturated heterocycles. The molecule has 0 bridgehead atoms. The average Bonchev–Trinajstić information content (AvgIpc) is 2.98. The summed E-state index contributed by atoms with van der Waals surface area (Å²) in [5.41, 5.74) is -0.739. The highest BCUT2D eigenvalue weighted by Gasteiger charge is 2.27. The molecule has 1 unspecified atom stereocenters. The Bertz CT molecular complexity index is 661. The van der Waals surface area contributed by atoms with Crippen molar-refractivity contribution >= 4 is 17.7 Å². The van der Waals surface area contributed by atoms with Crippen molar-refractivity contribution in [1.29, 1.82) is 0 Å². The molecule has 2 rings (SSSR count). The van der Waals surface area contributed by atoms with Gasteiger partial charge >= 0.3 is 0 Å². The molecule has 0 spiro atoms. The molecule has 2 aromatic rings. The van der Waals surface area contributed by atoms with Gasteiger partial charge in [-0.2, -0.15) is 0 Å². The summed E-state index contributed by atoms with van der Waals surface area (Å²) in [6.07, 6.45) is 3.11. The normalized spacial score (nSPS) is 14.3. The van der Waals surface area contributed by atoms with Gasteiger partial charge in [0, 0.05) is 16.5 Å². The summed E-state index contributed by atoms with van der Waals surface area (Å²) in [5.74, 6) is 0.159. The molecule has 0 aromatic carbocycles. The van der Waals surface area contributed by atoms with Crippen molar-refractivity contribution < 1.29 is 14.3 Å². The Balaban J connectivity index is 2.02. The van der Waals surface area contributed by atoms with Crippen molar-refractivity contribution in [2.75, 3.05) is 6.54 Å². The van der Waals surface area contributed by atoms with E-state index in [1.165, 1.54) is 6.26 Å². The number of carbonyl (C=O) groups is 1. The molecule has 23 heavy (non-hydrogen) atoms. The summed E-state index contributed by atoms with van der Waals surface area (Å²) in [4.78, 5) is 16.6. The predicted octanol–water partition coefficient (Wildman–Crippen LogP) is 3.20. The first kappa shape index (κ1) is 17.6. The van der Waals surface area contributed by atoms with Gasteiger partial charge in [0.25, 0.3) is 5.91 Å². The van der Waals surface area contributed by atoms with Crippen molar-refractivity contribution in [3.05, 3.63) is 48.0 Å². The summed E-state index contributed by atoms with van der Waals surface area (Å²) < 4.78 is 5.21. The Morgan fingerprint density at radius 1 is 1.35 bits per heavy atom. The van der Waals surface area contributed by atoms with Crippen LogP contribution in [0, 0.1) is 0 Å². The van der Waals surface area contributed by atoms with E-state index < -0.39 is 5.60 Å². The highest BCUT2D eigenvalue weighted by molar-refractivity contribution is 8.00. The lowest BCUT2D eigenvalue weighted by Gasteiger charge is -2.21. The molecule has 124 valence electrons. The Kier molecular flexibility index (Phi) is 5.16. The topological polar surface area (TPSA) is 75.4 Å². The SMILES string of the molecule is CC(C)(C)Sc1cc(C(=O)NCC(C)(O)c2ccco2)ccn1. The molecule has 5 nitrogen and oxygen atoms in total. The summed E-state index contributed by atoms with van der Waals surface area (Å²) in [6, 6.07) is 6.79. The Morgan fingerprint density at radius 3 is 2.70 bits per heavy atom. The monoisotopic (exact) mass is 334 g/mol. The number of nitrogens with zero attached hydrogens (tertiary/aromatic N) is 1. The second-order valence-electron chi connectivity index (χ2n) is 6.53. The van der Waals surface area contributed by atoms with Crippen LogP contribution >= 0.6 is 11.8 Å². The Morgan fingerprint density at radius 2 is 2.09 bits per heavy atom. The van der Waals surface area contributed by atoms with E-state index in [2.05, 4.69) is 31.1 Å². The van der Waals surface area contributed by atoms with E-state index in [-0.39, 0.29) is 17.2 Å². The molecule has 6 heteroatoms. The first-order valence-corrected chi connectivity index (χ1v) is 8.19. The van der Waals surface area contributed by atoms with Gasteiger partial charge in [0.15, 0.2) is 0 Å². The smallest absolute Gasteiger partial charge is 0.251 e. The van der Waals surface area contributed by atoms with Crippen molar-refractivity contribution in [2.45, 2.75) is 43.1 Å². The van der Waals surface area contributed by atoms with Gasteiger partial charge in [-0.25, -0.2) is 4.98 Å². The molecule has 2 N–H and O–H groups in total. The van der Waals surface area contributed by atoms with Crippen LogP contribution < -0.4 is 5.32 Å². The van der Waals surface area contributed by atoms with E-state index in [0.717, 1.165) is 5.03 Å². The molecule has 0 radical (unpaired) electrons. The van der Waals surface area contributed by atoms with Crippen LogP contribution in [0.4, 0.5) is 0 Å². The molecule has 2 heterocycles. The number of carbonyl (C=O) groups excluding carboxylic acids is 1. The van der Waals surface area contributed by atoms with E-state index in [4.69, 9.17) is 4.42 Å². The van der Waals surface area contributed by atoms with Gasteiger partial charge in [0.1, 0.15) is 11.4 Å². The van der Waals surface area contributed by atoms with Gasteiger partial charge in [0.2, 0.25) is 0 Å². The lowest BCUT2D eigenvalue weighted by atomic mass is 10.0. The van der Waals surface area contributed by atoms with E-state index in [9.17, 15) is 9.90 Å². The molecule has 1 atom stereocenters. The summed E-state index contributed by atoms with van der Waals surface area (Å²) in [7, 11) is 0. The fraction of sp³-hybridized carbons (Fsp3) is 0.412. The summed E-state index contributed by atoms with van der Waals surface area (Å²) >= 11 is 1.60. The molecule has 0 saturated carbocycles. The zero-order chi connectivity index (χ0) is 17.1.